The fourth-order valence-corrected chi connectivity index (χ4v) is 6.88. The zero-order chi connectivity index (χ0) is 30.9. The van der Waals surface area contributed by atoms with E-state index in [1.807, 2.05) is 0 Å². The second-order valence-corrected chi connectivity index (χ2v) is 11.9. The van der Waals surface area contributed by atoms with Gasteiger partial charge in [-0.15, -0.1) is 0 Å². The predicted octanol–water partition coefficient (Wildman–Crippen LogP) is 8.17. The lowest BCUT2D eigenvalue weighted by molar-refractivity contribution is -0.211. The van der Waals surface area contributed by atoms with Crippen molar-refractivity contribution in [3.8, 4) is 0 Å². The van der Waals surface area contributed by atoms with Crippen molar-refractivity contribution in [1.29, 1.82) is 0 Å². The van der Waals surface area contributed by atoms with Crippen LogP contribution >= 0.6 is 0 Å². The molecule has 1 saturated carbocycles. The van der Waals surface area contributed by atoms with E-state index in [-0.39, 0.29) is 41.8 Å². The molecule has 0 N–H and O–H groups in total. The molecule has 4 nitrogen and oxygen atoms in total. The lowest BCUT2D eigenvalue weighted by atomic mass is 9.71. The smallest absolute Gasteiger partial charge is 0.369 e. The molecule has 0 radical (unpaired) electrons. The summed E-state index contributed by atoms with van der Waals surface area (Å²) in [4.78, 5) is 11.8. The van der Waals surface area contributed by atoms with Gasteiger partial charge in [-0.25, -0.2) is 4.39 Å². The van der Waals surface area contributed by atoms with Crippen LogP contribution in [0.2, 0.25) is 0 Å². The van der Waals surface area contributed by atoms with E-state index in [0.717, 1.165) is 43.2 Å². The van der Waals surface area contributed by atoms with Gasteiger partial charge in [0, 0.05) is 5.92 Å². The number of carbonyl (C=O) groups excluding carboxylic acids is 1. The molecule has 2 aliphatic heterocycles. The molecule has 2 aromatic carbocycles. The predicted molar refractivity (Wildman–Crippen MR) is 142 cm³/mol. The van der Waals surface area contributed by atoms with Gasteiger partial charge >= 0.3 is 12.4 Å². The number of hydrogen-bond donors (Lipinski definition) is 0. The van der Waals surface area contributed by atoms with Gasteiger partial charge in [0.25, 0.3) is 0 Å². The molecule has 43 heavy (non-hydrogen) atoms. The number of hydrogen-bond acceptors (Lipinski definition) is 4. The van der Waals surface area contributed by atoms with Gasteiger partial charge in [0.05, 0.1) is 30.9 Å². The summed E-state index contributed by atoms with van der Waals surface area (Å²) in [5, 5.41) is 0. The Morgan fingerprint density at radius 3 is 2.33 bits per heavy atom. The van der Waals surface area contributed by atoms with Crippen LogP contribution in [0, 0.1) is 30.5 Å². The normalized spacial score (nSPS) is 26.9. The number of fused-ring (bicyclic) bond motifs is 1. The Morgan fingerprint density at radius 2 is 1.67 bits per heavy atom. The molecule has 0 aromatic heterocycles. The number of rotatable bonds is 6. The molecule has 2 heterocycles. The summed E-state index contributed by atoms with van der Waals surface area (Å²) in [5.74, 6) is -0.480. The Morgan fingerprint density at radius 1 is 0.953 bits per heavy atom. The van der Waals surface area contributed by atoms with Gasteiger partial charge in [-0.05, 0) is 103 Å². The zero-order valence-corrected chi connectivity index (χ0v) is 23.6. The van der Waals surface area contributed by atoms with E-state index in [1.165, 1.54) is 12.1 Å². The first-order chi connectivity index (χ1) is 20.3. The Hall–Kier alpha value is -2.76. The monoisotopic (exact) mass is 614 g/mol. The third-order valence-corrected chi connectivity index (χ3v) is 8.72. The molecular weight excluding hydrogens is 581 g/mol. The molecule has 5 atom stereocenters. The largest absolute Gasteiger partial charge is 0.416 e. The van der Waals surface area contributed by atoms with E-state index in [2.05, 4.69) is 0 Å². The summed E-state index contributed by atoms with van der Waals surface area (Å²) < 4.78 is 112. The number of alkyl halides is 6. The van der Waals surface area contributed by atoms with Crippen LogP contribution in [0.3, 0.4) is 0 Å². The van der Waals surface area contributed by atoms with Crippen LogP contribution in [0.1, 0.15) is 65.8 Å². The van der Waals surface area contributed by atoms with Crippen molar-refractivity contribution in [3.05, 3.63) is 81.7 Å². The van der Waals surface area contributed by atoms with E-state index in [4.69, 9.17) is 14.2 Å². The van der Waals surface area contributed by atoms with Gasteiger partial charge in [0.1, 0.15) is 12.4 Å². The number of halogens is 7. The first-order valence-electron chi connectivity index (χ1n) is 14.4. The summed E-state index contributed by atoms with van der Waals surface area (Å²) in [7, 11) is 0. The quantitative estimate of drug-likeness (QED) is 0.308. The van der Waals surface area contributed by atoms with Crippen LogP contribution in [0.4, 0.5) is 30.7 Å². The molecule has 11 heteroatoms. The van der Waals surface area contributed by atoms with Gasteiger partial charge < -0.3 is 14.2 Å². The highest BCUT2D eigenvalue weighted by Gasteiger charge is 2.44. The Bertz CT molecular complexity index is 1320. The van der Waals surface area contributed by atoms with E-state index < -0.39 is 48.1 Å². The molecule has 3 aliphatic rings. The molecule has 1 saturated heterocycles. The molecule has 1 unspecified atom stereocenters. The Labute approximate surface area is 245 Å². The van der Waals surface area contributed by atoms with Crippen LogP contribution < -0.4 is 0 Å². The Balaban J connectivity index is 1.40. The number of carbonyl (C=O) groups is 1. The highest BCUT2D eigenvalue weighted by atomic mass is 19.4. The van der Waals surface area contributed by atoms with Crippen molar-refractivity contribution in [3.63, 3.8) is 0 Å². The fourth-order valence-electron chi connectivity index (χ4n) is 6.88. The van der Waals surface area contributed by atoms with E-state index in [9.17, 15) is 35.5 Å². The summed E-state index contributed by atoms with van der Waals surface area (Å²) in [5.41, 5.74) is -0.708. The van der Waals surface area contributed by atoms with Gasteiger partial charge in [-0.2, -0.15) is 26.3 Å². The van der Waals surface area contributed by atoms with Gasteiger partial charge in [0.2, 0.25) is 0 Å². The van der Waals surface area contributed by atoms with Crippen LogP contribution in [0.5, 0.6) is 0 Å². The highest BCUT2D eigenvalue weighted by molar-refractivity contribution is 5.92. The van der Waals surface area contributed by atoms with Crippen molar-refractivity contribution in [1.82, 2.24) is 0 Å². The second-order valence-electron chi connectivity index (χ2n) is 11.9. The van der Waals surface area contributed by atoms with Crippen molar-refractivity contribution < 1.29 is 49.7 Å². The van der Waals surface area contributed by atoms with E-state index >= 15 is 0 Å². The molecule has 2 fully saturated rings. The van der Waals surface area contributed by atoms with Crippen molar-refractivity contribution in [2.45, 2.75) is 70.2 Å². The maximum absolute atomic E-state index is 14.1. The summed E-state index contributed by atoms with van der Waals surface area (Å²) in [6.07, 6.45) is -5.11. The van der Waals surface area contributed by atoms with E-state index in [0.29, 0.717) is 30.9 Å². The lowest BCUT2D eigenvalue weighted by Crippen LogP contribution is -2.42. The average molecular weight is 615 g/mol. The lowest BCUT2D eigenvalue weighted by Gasteiger charge is -2.43. The molecule has 0 bridgehead atoms. The topological polar surface area (TPSA) is 44.8 Å². The van der Waals surface area contributed by atoms with Gasteiger partial charge in [0.15, 0.2) is 12.1 Å². The minimum absolute atomic E-state index is 0.0263. The molecule has 1 aliphatic carbocycles. The minimum atomic E-state index is -4.97. The number of ether oxygens (including phenoxy) is 3. The summed E-state index contributed by atoms with van der Waals surface area (Å²) in [6, 6.07) is 5.78. The molecule has 0 amide bonds. The summed E-state index contributed by atoms with van der Waals surface area (Å²) >= 11 is 0. The van der Waals surface area contributed by atoms with Crippen LogP contribution in [0.25, 0.3) is 0 Å². The maximum atomic E-state index is 14.1. The SMILES string of the molecule is Cc1cc(F)ccc1[C@@H]1[C@@H](OCc2cc(C(F)(F)F)cc(C(F)(F)F)c2)OC[C@@H]2CC(CC3=CC(=O)COC3)CCC[C@H]21. The van der Waals surface area contributed by atoms with Crippen molar-refractivity contribution in [2.75, 3.05) is 19.8 Å². The third-order valence-electron chi connectivity index (χ3n) is 8.72. The fraction of sp³-hybridized carbons (Fsp3) is 0.531. The first kappa shape index (κ1) is 31.7. The number of benzene rings is 2. The zero-order valence-electron chi connectivity index (χ0n) is 23.6. The molecular formula is C32H33F7O4. The molecule has 234 valence electrons. The number of ketones is 1. The third kappa shape index (κ3) is 7.67. The average Bonchev–Trinajstić information content (AvgIpc) is 3.13. The van der Waals surface area contributed by atoms with Crippen LogP contribution in [-0.4, -0.2) is 31.9 Å². The first-order valence-corrected chi connectivity index (χ1v) is 14.4. The van der Waals surface area contributed by atoms with Crippen molar-refractivity contribution in [2.24, 2.45) is 17.8 Å². The maximum Gasteiger partial charge on any atom is 0.416 e. The number of aryl methyl sites for hydroxylation is 1. The van der Waals surface area contributed by atoms with Crippen LogP contribution in [0.15, 0.2) is 48.0 Å². The second kappa shape index (κ2) is 12.7. The summed E-state index contributed by atoms with van der Waals surface area (Å²) in [6.45, 7) is 2.04. The van der Waals surface area contributed by atoms with E-state index in [1.54, 1.807) is 19.1 Å². The van der Waals surface area contributed by atoms with Gasteiger partial charge in [-0.1, -0.05) is 18.9 Å². The van der Waals surface area contributed by atoms with Gasteiger partial charge in [-0.3, -0.25) is 4.79 Å². The van der Waals surface area contributed by atoms with Crippen molar-refractivity contribution >= 4 is 5.78 Å². The molecule has 0 spiro atoms. The minimum Gasteiger partial charge on any atom is -0.369 e. The Kier molecular flexibility index (Phi) is 9.34. The highest BCUT2D eigenvalue weighted by Crippen LogP contribution is 2.48. The molecule has 5 rings (SSSR count). The standard InChI is InChI=1S/C32H33F7O4/c1-18-7-25(33)5-6-27(18)29-28-4-2-3-19(8-20-12-26(40)17-41-14-20)9-22(28)16-43-30(29)42-15-21-10-23(31(34,35)36)13-24(11-21)32(37,38)39/h5-7,10-13,19,22,28-30H,2-4,8-9,14-17H2,1H3/t19?,22-,28+,29-,30-/m0/s1. The molecule has 2 aromatic rings. The van der Waals surface area contributed by atoms with Crippen LogP contribution in [-0.2, 0) is 38.0 Å².